The van der Waals surface area contributed by atoms with Gasteiger partial charge in [0.15, 0.2) is 0 Å². The van der Waals surface area contributed by atoms with Crippen molar-refractivity contribution in [2.24, 2.45) is 5.41 Å². The molecule has 19 heavy (non-hydrogen) atoms. The Morgan fingerprint density at radius 2 is 2.11 bits per heavy atom. The Hall–Kier alpha value is -1.29. The lowest BCUT2D eigenvalue weighted by atomic mass is 9.88. The van der Waals surface area contributed by atoms with Gasteiger partial charge in [0, 0.05) is 17.8 Å². The molecule has 1 fully saturated rings. The van der Waals surface area contributed by atoms with Gasteiger partial charge in [0.05, 0.1) is 5.56 Å². The number of aromatic hydroxyl groups is 1. The molecule has 1 aromatic carbocycles. The van der Waals surface area contributed by atoms with Crippen LogP contribution in [0.4, 0.5) is 4.39 Å². The Morgan fingerprint density at radius 3 is 2.74 bits per heavy atom. The van der Waals surface area contributed by atoms with Crippen molar-refractivity contribution in [3.05, 3.63) is 29.6 Å². The van der Waals surface area contributed by atoms with Gasteiger partial charge in [0.2, 0.25) is 0 Å². The highest BCUT2D eigenvalue weighted by atomic mass is 35.5. The Balaban J connectivity index is 2.03. The number of benzene rings is 1. The van der Waals surface area contributed by atoms with Crippen LogP contribution >= 0.6 is 11.6 Å². The highest BCUT2D eigenvalue weighted by Gasteiger charge is 2.33. The highest BCUT2D eigenvalue weighted by Crippen LogP contribution is 2.38. The lowest BCUT2D eigenvalue weighted by Gasteiger charge is -2.26. The van der Waals surface area contributed by atoms with Gasteiger partial charge in [-0.05, 0) is 31.0 Å². The summed E-state index contributed by atoms with van der Waals surface area (Å²) in [6.45, 7) is 0.464. The number of carbonyl (C=O) groups excluding carboxylic acids is 1. The van der Waals surface area contributed by atoms with E-state index >= 15 is 0 Å². The molecular formula is C14H17ClFNO2. The molecule has 0 aromatic heterocycles. The van der Waals surface area contributed by atoms with Crippen molar-refractivity contribution in [3.8, 4) is 5.75 Å². The summed E-state index contributed by atoms with van der Waals surface area (Å²) < 4.78 is 13.1. The fourth-order valence-corrected chi connectivity index (χ4v) is 2.90. The number of rotatable bonds is 4. The minimum absolute atomic E-state index is 0.0391. The summed E-state index contributed by atoms with van der Waals surface area (Å²) in [5.41, 5.74) is -0.0945. The highest BCUT2D eigenvalue weighted by molar-refractivity contribution is 6.18. The normalized spacial score (nSPS) is 17.4. The Bertz CT molecular complexity index is 473. The average Bonchev–Trinajstić information content (AvgIpc) is 2.88. The maximum absolute atomic E-state index is 13.1. The molecule has 1 saturated carbocycles. The van der Waals surface area contributed by atoms with E-state index in [0.717, 1.165) is 37.8 Å². The fourth-order valence-electron chi connectivity index (χ4n) is 2.54. The van der Waals surface area contributed by atoms with Gasteiger partial charge >= 0.3 is 0 Å². The van der Waals surface area contributed by atoms with Crippen LogP contribution in [0.15, 0.2) is 18.2 Å². The van der Waals surface area contributed by atoms with Gasteiger partial charge in [-0.15, -0.1) is 11.6 Å². The lowest BCUT2D eigenvalue weighted by molar-refractivity contribution is 0.0932. The predicted molar refractivity (Wildman–Crippen MR) is 72.0 cm³/mol. The molecule has 0 atom stereocenters. The molecule has 0 radical (unpaired) electrons. The molecule has 0 spiro atoms. The fraction of sp³-hybridized carbons (Fsp3) is 0.500. The van der Waals surface area contributed by atoms with Crippen LogP contribution in [0.5, 0.6) is 5.75 Å². The maximum Gasteiger partial charge on any atom is 0.255 e. The van der Waals surface area contributed by atoms with Crippen LogP contribution in [0.3, 0.4) is 0 Å². The number of phenolic OH excluding ortho intramolecular Hbond substituents is 1. The van der Waals surface area contributed by atoms with E-state index in [1.807, 2.05) is 0 Å². The standard InChI is InChI=1S/C14H17ClFNO2/c15-8-14(5-1-2-6-14)9-17-13(19)11-7-10(16)3-4-12(11)18/h3-4,7,18H,1-2,5-6,8-9H2,(H,17,19). The van der Waals surface area contributed by atoms with Gasteiger partial charge in [-0.25, -0.2) is 4.39 Å². The third-order valence-corrected chi connectivity index (χ3v) is 4.34. The minimum atomic E-state index is -0.545. The quantitative estimate of drug-likeness (QED) is 0.835. The smallest absolute Gasteiger partial charge is 0.255 e. The molecule has 0 aliphatic heterocycles. The largest absolute Gasteiger partial charge is 0.507 e. The summed E-state index contributed by atoms with van der Waals surface area (Å²) in [7, 11) is 0. The van der Waals surface area contributed by atoms with Crippen molar-refractivity contribution in [2.75, 3.05) is 12.4 Å². The monoisotopic (exact) mass is 285 g/mol. The third kappa shape index (κ3) is 3.18. The first kappa shape index (κ1) is 14.1. The second-order valence-corrected chi connectivity index (χ2v) is 5.45. The van der Waals surface area contributed by atoms with Crippen LogP contribution in [-0.4, -0.2) is 23.4 Å². The summed E-state index contributed by atoms with van der Waals surface area (Å²) in [5.74, 6) is -0.725. The van der Waals surface area contributed by atoms with Crippen LogP contribution in [0.1, 0.15) is 36.0 Å². The van der Waals surface area contributed by atoms with Crippen LogP contribution in [0, 0.1) is 11.2 Å². The van der Waals surface area contributed by atoms with E-state index in [-0.39, 0.29) is 16.7 Å². The Labute approximate surface area is 116 Å². The van der Waals surface area contributed by atoms with Gasteiger partial charge in [0.1, 0.15) is 11.6 Å². The van der Waals surface area contributed by atoms with E-state index in [9.17, 15) is 14.3 Å². The molecule has 1 amide bonds. The number of phenols is 1. The van der Waals surface area contributed by atoms with Crippen LogP contribution in [0.25, 0.3) is 0 Å². The van der Waals surface area contributed by atoms with Crippen molar-refractivity contribution in [2.45, 2.75) is 25.7 Å². The van der Waals surface area contributed by atoms with Crippen molar-refractivity contribution < 1.29 is 14.3 Å². The maximum atomic E-state index is 13.1. The van der Waals surface area contributed by atoms with E-state index in [2.05, 4.69) is 5.32 Å². The zero-order valence-electron chi connectivity index (χ0n) is 10.6. The number of amides is 1. The zero-order chi connectivity index (χ0) is 13.9. The number of alkyl halides is 1. The molecule has 1 aliphatic rings. The Morgan fingerprint density at radius 1 is 1.42 bits per heavy atom. The third-order valence-electron chi connectivity index (χ3n) is 3.77. The summed E-state index contributed by atoms with van der Waals surface area (Å²) in [4.78, 5) is 12.0. The van der Waals surface area contributed by atoms with Gasteiger partial charge in [0.25, 0.3) is 5.91 Å². The molecule has 3 nitrogen and oxygen atoms in total. The summed E-state index contributed by atoms with van der Waals surface area (Å²) in [6, 6.07) is 3.33. The van der Waals surface area contributed by atoms with E-state index in [4.69, 9.17) is 11.6 Å². The van der Waals surface area contributed by atoms with E-state index in [0.29, 0.717) is 12.4 Å². The topological polar surface area (TPSA) is 49.3 Å². The first-order chi connectivity index (χ1) is 9.06. The molecule has 0 saturated heterocycles. The van der Waals surface area contributed by atoms with Crippen LogP contribution in [-0.2, 0) is 0 Å². The molecule has 5 heteroatoms. The number of halogens is 2. The van der Waals surface area contributed by atoms with Crippen molar-refractivity contribution in [3.63, 3.8) is 0 Å². The first-order valence-electron chi connectivity index (χ1n) is 6.39. The Kier molecular flexibility index (Phi) is 4.30. The molecular weight excluding hydrogens is 269 g/mol. The summed E-state index contributed by atoms with van der Waals surface area (Å²) in [6.07, 6.45) is 4.22. The predicted octanol–water partition coefficient (Wildman–Crippen LogP) is 3.06. The van der Waals surface area contributed by atoms with E-state index < -0.39 is 11.7 Å². The van der Waals surface area contributed by atoms with Gasteiger partial charge in [-0.1, -0.05) is 12.8 Å². The second kappa shape index (κ2) is 5.78. The zero-order valence-corrected chi connectivity index (χ0v) is 11.3. The molecule has 1 aliphatic carbocycles. The van der Waals surface area contributed by atoms with Crippen molar-refractivity contribution in [1.29, 1.82) is 0 Å². The van der Waals surface area contributed by atoms with E-state index in [1.165, 1.54) is 6.07 Å². The van der Waals surface area contributed by atoms with Gasteiger partial charge in [-0.2, -0.15) is 0 Å². The molecule has 0 bridgehead atoms. The number of hydrogen-bond donors (Lipinski definition) is 2. The first-order valence-corrected chi connectivity index (χ1v) is 6.92. The summed E-state index contributed by atoms with van der Waals surface area (Å²) >= 11 is 5.99. The second-order valence-electron chi connectivity index (χ2n) is 5.18. The van der Waals surface area contributed by atoms with Crippen molar-refractivity contribution >= 4 is 17.5 Å². The molecule has 104 valence electrons. The molecule has 1 aromatic rings. The van der Waals surface area contributed by atoms with Gasteiger partial charge < -0.3 is 10.4 Å². The molecule has 2 rings (SSSR count). The van der Waals surface area contributed by atoms with Crippen molar-refractivity contribution in [1.82, 2.24) is 5.32 Å². The molecule has 2 N–H and O–H groups in total. The lowest BCUT2D eigenvalue weighted by Crippen LogP contribution is -2.37. The number of nitrogens with one attached hydrogen (secondary N) is 1. The van der Waals surface area contributed by atoms with Crippen LogP contribution < -0.4 is 5.32 Å². The number of hydrogen-bond acceptors (Lipinski definition) is 2. The average molecular weight is 286 g/mol. The molecule has 0 heterocycles. The summed E-state index contributed by atoms with van der Waals surface area (Å²) in [5, 5.41) is 12.3. The minimum Gasteiger partial charge on any atom is -0.507 e. The van der Waals surface area contributed by atoms with Gasteiger partial charge in [-0.3, -0.25) is 4.79 Å². The molecule has 0 unspecified atom stereocenters. The van der Waals surface area contributed by atoms with E-state index in [1.54, 1.807) is 0 Å². The number of carbonyl (C=O) groups is 1. The SMILES string of the molecule is O=C(NCC1(CCl)CCCC1)c1cc(F)ccc1O. The van der Waals surface area contributed by atoms with Crippen LogP contribution in [0.2, 0.25) is 0 Å².